The van der Waals surface area contributed by atoms with E-state index in [0.717, 1.165) is 0 Å². The zero-order valence-electron chi connectivity index (χ0n) is 8.13. The number of hydrogen-bond acceptors (Lipinski definition) is 3. The third-order valence-corrected chi connectivity index (χ3v) is 2.62. The fraction of sp³-hybridized carbons (Fsp3) is 0.875. The normalized spacial score (nSPS) is 26.0. The van der Waals surface area contributed by atoms with Crippen molar-refractivity contribution in [3.63, 3.8) is 0 Å². The van der Waals surface area contributed by atoms with E-state index in [1.165, 1.54) is 0 Å². The van der Waals surface area contributed by atoms with Crippen LogP contribution in [-0.4, -0.2) is 42.2 Å². The van der Waals surface area contributed by atoms with Crippen LogP contribution in [-0.2, 0) is 4.79 Å². The summed E-state index contributed by atoms with van der Waals surface area (Å²) in [5.41, 5.74) is 8.06. The van der Waals surface area contributed by atoms with Crippen LogP contribution < -0.4 is 0 Å². The Morgan fingerprint density at radius 3 is 2.93 bits per heavy atom. The SMILES string of the molecule is CC1CN(C(=O)CN=[N+]=[N-])CC1CO. The molecule has 1 saturated heterocycles. The zero-order valence-corrected chi connectivity index (χ0v) is 8.13. The Kier molecular flexibility index (Phi) is 3.73. The number of aliphatic hydroxyl groups is 1. The molecule has 0 aliphatic carbocycles. The molecular formula is C8H14N4O2. The van der Waals surface area contributed by atoms with E-state index in [2.05, 4.69) is 10.0 Å². The maximum absolute atomic E-state index is 11.4. The van der Waals surface area contributed by atoms with E-state index in [4.69, 9.17) is 10.6 Å². The van der Waals surface area contributed by atoms with Crippen molar-refractivity contribution in [1.29, 1.82) is 0 Å². The molecule has 0 saturated carbocycles. The van der Waals surface area contributed by atoms with Crippen molar-refractivity contribution < 1.29 is 9.90 Å². The number of amides is 1. The predicted molar refractivity (Wildman–Crippen MR) is 50.3 cm³/mol. The van der Waals surface area contributed by atoms with Gasteiger partial charge in [-0.3, -0.25) is 4.79 Å². The number of azide groups is 1. The van der Waals surface area contributed by atoms with Gasteiger partial charge in [-0.05, 0) is 11.4 Å². The average molecular weight is 198 g/mol. The Hall–Kier alpha value is -1.26. The zero-order chi connectivity index (χ0) is 10.6. The van der Waals surface area contributed by atoms with Gasteiger partial charge in [-0.25, -0.2) is 0 Å². The Labute approximate surface area is 82.1 Å². The highest BCUT2D eigenvalue weighted by Crippen LogP contribution is 2.22. The molecule has 1 aliphatic rings. The first-order valence-electron chi connectivity index (χ1n) is 4.58. The summed E-state index contributed by atoms with van der Waals surface area (Å²) in [6.07, 6.45) is 0. The summed E-state index contributed by atoms with van der Waals surface area (Å²) in [5, 5.41) is 12.2. The summed E-state index contributed by atoms with van der Waals surface area (Å²) in [6, 6.07) is 0. The maximum atomic E-state index is 11.4. The van der Waals surface area contributed by atoms with Crippen molar-refractivity contribution in [2.24, 2.45) is 17.0 Å². The van der Waals surface area contributed by atoms with Gasteiger partial charge in [-0.2, -0.15) is 0 Å². The van der Waals surface area contributed by atoms with E-state index < -0.39 is 0 Å². The molecule has 1 rings (SSSR count). The van der Waals surface area contributed by atoms with Gasteiger partial charge in [0.05, 0.1) is 0 Å². The van der Waals surface area contributed by atoms with Gasteiger partial charge in [0.1, 0.15) is 6.54 Å². The molecule has 1 N–H and O–H groups in total. The second-order valence-electron chi connectivity index (χ2n) is 3.61. The highest BCUT2D eigenvalue weighted by molar-refractivity contribution is 5.78. The van der Waals surface area contributed by atoms with Gasteiger partial charge < -0.3 is 10.0 Å². The quantitative estimate of drug-likeness (QED) is 0.403. The Bertz CT molecular complexity index is 262. The molecule has 1 amide bonds. The van der Waals surface area contributed by atoms with Gasteiger partial charge in [0.2, 0.25) is 5.91 Å². The molecule has 2 unspecified atom stereocenters. The number of nitrogens with zero attached hydrogens (tertiary/aromatic N) is 4. The second-order valence-corrected chi connectivity index (χ2v) is 3.61. The van der Waals surface area contributed by atoms with Gasteiger partial charge >= 0.3 is 0 Å². The molecule has 14 heavy (non-hydrogen) atoms. The molecule has 0 bridgehead atoms. The number of likely N-dealkylation sites (tertiary alicyclic amines) is 1. The van der Waals surface area contributed by atoms with Crippen LogP contribution in [0.3, 0.4) is 0 Å². The topological polar surface area (TPSA) is 89.3 Å². The molecular weight excluding hydrogens is 184 g/mol. The average Bonchev–Trinajstić information content (AvgIpc) is 2.56. The van der Waals surface area contributed by atoms with Crippen LogP contribution in [0.2, 0.25) is 0 Å². The summed E-state index contributed by atoms with van der Waals surface area (Å²) in [4.78, 5) is 15.6. The largest absolute Gasteiger partial charge is 0.396 e. The lowest BCUT2D eigenvalue weighted by Crippen LogP contribution is -2.30. The van der Waals surface area contributed by atoms with E-state index in [9.17, 15) is 4.79 Å². The van der Waals surface area contributed by atoms with Gasteiger partial charge in [-0.15, -0.1) is 0 Å². The molecule has 1 heterocycles. The van der Waals surface area contributed by atoms with Crippen molar-refractivity contribution in [1.82, 2.24) is 4.90 Å². The van der Waals surface area contributed by atoms with Gasteiger partial charge in [0.25, 0.3) is 0 Å². The summed E-state index contributed by atoms with van der Waals surface area (Å²) >= 11 is 0. The van der Waals surface area contributed by atoms with Crippen LogP contribution in [0.5, 0.6) is 0 Å². The van der Waals surface area contributed by atoms with E-state index in [0.29, 0.717) is 19.0 Å². The lowest BCUT2D eigenvalue weighted by Gasteiger charge is -2.14. The fourth-order valence-electron chi connectivity index (χ4n) is 1.67. The predicted octanol–water partition coefficient (Wildman–Crippen LogP) is 0.384. The molecule has 78 valence electrons. The molecule has 6 heteroatoms. The minimum atomic E-state index is -0.161. The summed E-state index contributed by atoms with van der Waals surface area (Å²) in [7, 11) is 0. The standard InChI is InChI=1S/C8H14N4O2/c1-6-3-12(4-7(6)5-13)8(14)2-10-11-9/h6-7,13H,2-5H2,1H3. The highest BCUT2D eigenvalue weighted by atomic mass is 16.3. The summed E-state index contributed by atoms with van der Waals surface area (Å²) < 4.78 is 0. The molecule has 1 fully saturated rings. The number of aliphatic hydroxyl groups excluding tert-OH is 1. The third kappa shape index (κ3) is 2.37. The molecule has 6 nitrogen and oxygen atoms in total. The van der Waals surface area contributed by atoms with E-state index in [1.54, 1.807) is 4.90 Å². The van der Waals surface area contributed by atoms with E-state index in [1.807, 2.05) is 6.92 Å². The van der Waals surface area contributed by atoms with Crippen molar-refractivity contribution >= 4 is 5.91 Å². The number of rotatable bonds is 3. The number of carbonyl (C=O) groups excluding carboxylic acids is 1. The Morgan fingerprint density at radius 2 is 2.43 bits per heavy atom. The molecule has 2 atom stereocenters. The number of carbonyl (C=O) groups is 1. The lowest BCUT2D eigenvalue weighted by atomic mass is 10.00. The molecule has 0 radical (unpaired) electrons. The third-order valence-electron chi connectivity index (χ3n) is 2.62. The van der Waals surface area contributed by atoms with E-state index >= 15 is 0 Å². The van der Waals surface area contributed by atoms with Gasteiger partial charge in [0.15, 0.2) is 0 Å². The smallest absolute Gasteiger partial charge is 0.228 e. The Balaban J connectivity index is 2.48. The first-order chi connectivity index (χ1) is 6.69. The van der Waals surface area contributed by atoms with Crippen LogP contribution in [0.1, 0.15) is 6.92 Å². The highest BCUT2D eigenvalue weighted by Gasteiger charge is 2.31. The molecule has 0 aromatic rings. The molecule has 1 aliphatic heterocycles. The maximum Gasteiger partial charge on any atom is 0.228 e. The minimum absolute atomic E-state index is 0.104. The summed E-state index contributed by atoms with van der Waals surface area (Å²) in [6.45, 7) is 3.19. The van der Waals surface area contributed by atoms with Crippen molar-refractivity contribution in [3.05, 3.63) is 10.4 Å². The van der Waals surface area contributed by atoms with Gasteiger partial charge in [0, 0.05) is 30.5 Å². The van der Waals surface area contributed by atoms with Crippen LogP contribution in [0.4, 0.5) is 0 Å². The van der Waals surface area contributed by atoms with Crippen LogP contribution in [0.15, 0.2) is 5.11 Å². The molecule has 0 spiro atoms. The van der Waals surface area contributed by atoms with E-state index in [-0.39, 0.29) is 25.0 Å². The van der Waals surface area contributed by atoms with Crippen LogP contribution in [0.25, 0.3) is 10.4 Å². The van der Waals surface area contributed by atoms with Crippen LogP contribution in [0, 0.1) is 11.8 Å². The Morgan fingerprint density at radius 1 is 1.71 bits per heavy atom. The van der Waals surface area contributed by atoms with Crippen molar-refractivity contribution in [2.45, 2.75) is 6.92 Å². The van der Waals surface area contributed by atoms with Crippen molar-refractivity contribution in [3.8, 4) is 0 Å². The fourth-order valence-corrected chi connectivity index (χ4v) is 1.67. The first kappa shape index (κ1) is 10.8. The molecule has 0 aromatic carbocycles. The van der Waals surface area contributed by atoms with Gasteiger partial charge in [-0.1, -0.05) is 12.0 Å². The van der Waals surface area contributed by atoms with Crippen molar-refractivity contribution in [2.75, 3.05) is 26.2 Å². The summed E-state index contributed by atoms with van der Waals surface area (Å²) in [5.74, 6) is 0.311. The molecule has 0 aromatic heterocycles. The first-order valence-corrected chi connectivity index (χ1v) is 4.58. The second kappa shape index (κ2) is 4.83. The number of hydrogen-bond donors (Lipinski definition) is 1. The van der Waals surface area contributed by atoms with Crippen LogP contribution >= 0.6 is 0 Å². The monoisotopic (exact) mass is 198 g/mol. The lowest BCUT2D eigenvalue weighted by molar-refractivity contribution is -0.128. The minimum Gasteiger partial charge on any atom is -0.396 e.